The minimum atomic E-state index is 0.442. The van der Waals surface area contributed by atoms with E-state index in [0.717, 1.165) is 36.5 Å². The second-order valence-corrected chi connectivity index (χ2v) is 11.3. The van der Waals surface area contributed by atoms with Crippen LogP contribution in [0.1, 0.15) is 70.6 Å². The molecule has 0 amide bonds. The molecule has 0 spiro atoms. The van der Waals surface area contributed by atoms with E-state index in [1.54, 1.807) is 11.8 Å². The van der Waals surface area contributed by atoms with Gasteiger partial charge in [-0.05, 0) is 94.0 Å². The molecule has 0 aromatic heterocycles. The zero-order valence-electron chi connectivity index (χ0n) is 20.0. The molecule has 2 aliphatic heterocycles. The normalized spacial score (nSPS) is 22.2. The van der Waals surface area contributed by atoms with Crippen LogP contribution in [0.5, 0.6) is 0 Å². The molecule has 0 radical (unpaired) electrons. The van der Waals surface area contributed by atoms with Crippen molar-refractivity contribution in [2.75, 3.05) is 42.1 Å². The summed E-state index contributed by atoms with van der Waals surface area (Å²) in [5.74, 6) is 1.82. The first-order valence-corrected chi connectivity index (χ1v) is 14.4. The summed E-state index contributed by atoms with van der Waals surface area (Å²) in [4.78, 5) is 9.63. The Bertz CT molecular complexity index is 759. The summed E-state index contributed by atoms with van der Waals surface area (Å²) in [5.41, 5.74) is 8.43. The van der Waals surface area contributed by atoms with Crippen molar-refractivity contribution in [3.05, 3.63) is 24.3 Å². The number of anilines is 2. The Kier molecular flexibility index (Phi) is 9.74. The summed E-state index contributed by atoms with van der Waals surface area (Å²) in [5, 5.41) is 4.25. The number of nitrogens with one attached hydrogen (secondary N) is 1. The Morgan fingerprint density at radius 2 is 1.55 bits per heavy atom. The van der Waals surface area contributed by atoms with Gasteiger partial charge < -0.3 is 20.9 Å². The lowest BCUT2D eigenvalue weighted by Gasteiger charge is -2.37. The van der Waals surface area contributed by atoms with E-state index in [1.807, 2.05) is 0 Å². The van der Waals surface area contributed by atoms with Gasteiger partial charge >= 0.3 is 0 Å². The number of amidine groups is 1. The summed E-state index contributed by atoms with van der Waals surface area (Å²) < 4.78 is 0. The number of nitrogens with two attached hydrogens (primary N) is 1. The number of rotatable bonds is 5. The van der Waals surface area contributed by atoms with Crippen molar-refractivity contribution in [3.63, 3.8) is 0 Å². The zero-order chi connectivity index (χ0) is 22.9. The lowest BCUT2D eigenvalue weighted by atomic mass is 9.93. The Morgan fingerprint density at radius 3 is 2.21 bits per heavy atom. The van der Waals surface area contributed by atoms with E-state index < -0.39 is 0 Å². The van der Waals surface area contributed by atoms with Gasteiger partial charge in [-0.2, -0.15) is 4.99 Å². The van der Waals surface area contributed by atoms with Crippen molar-refractivity contribution >= 4 is 45.6 Å². The first-order valence-electron chi connectivity index (χ1n) is 13.0. The van der Waals surface area contributed by atoms with Gasteiger partial charge in [-0.15, -0.1) is 0 Å². The maximum Gasteiger partial charge on any atom is 0.199 e. The van der Waals surface area contributed by atoms with E-state index in [4.69, 9.17) is 18.0 Å². The van der Waals surface area contributed by atoms with Gasteiger partial charge in [0.25, 0.3) is 0 Å². The fourth-order valence-corrected chi connectivity index (χ4v) is 6.72. The summed E-state index contributed by atoms with van der Waals surface area (Å²) in [6.07, 6.45) is 14.8. The molecule has 3 N–H and O–H groups in total. The van der Waals surface area contributed by atoms with Crippen LogP contribution in [0.4, 0.5) is 11.4 Å². The van der Waals surface area contributed by atoms with Gasteiger partial charge in [0.15, 0.2) is 10.3 Å². The van der Waals surface area contributed by atoms with Gasteiger partial charge in [0, 0.05) is 36.3 Å². The molecule has 1 saturated carbocycles. The molecule has 3 aliphatic rings. The molecule has 182 valence electrons. The van der Waals surface area contributed by atoms with Gasteiger partial charge in [-0.1, -0.05) is 43.9 Å². The van der Waals surface area contributed by atoms with Crippen LogP contribution in [0, 0.1) is 5.92 Å². The predicted octanol–water partition coefficient (Wildman–Crippen LogP) is 5.86. The Morgan fingerprint density at radius 1 is 0.909 bits per heavy atom. The standard InChI is InChI=1S/C26H41N5S2/c27-25(33-20-21-8-4-2-1-3-5-9-21)29-26(32)28-22-10-12-23(13-11-22)31-18-14-24(15-19-31)30-16-6-7-17-30/h10-13,21,24H,1-9,14-20H2,(H3,27,28,29,32). The third-order valence-electron chi connectivity index (χ3n) is 7.51. The van der Waals surface area contributed by atoms with Crippen LogP contribution < -0.4 is 16.0 Å². The van der Waals surface area contributed by atoms with Crippen molar-refractivity contribution < 1.29 is 0 Å². The highest BCUT2D eigenvalue weighted by molar-refractivity contribution is 8.13. The van der Waals surface area contributed by atoms with Crippen molar-refractivity contribution in [2.45, 2.75) is 76.7 Å². The van der Waals surface area contributed by atoms with E-state index in [2.05, 4.69) is 44.4 Å². The number of likely N-dealkylation sites (tertiary alicyclic amines) is 1. The predicted molar refractivity (Wildman–Crippen MR) is 149 cm³/mol. The maximum atomic E-state index is 6.17. The molecular formula is C26H41N5S2. The number of hydrogen-bond donors (Lipinski definition) is 2. The van der Waals surface area contributed by atoms with Gasteiger partial charge in [0.05, 0.1) is 0 Å². The fraction of sp³-hybridized carbons (Fsp3) is 0.692. The number of benzene rings is 1. The fourth-order valence-electron chi connectivity index (χ4n) is 5.55. The Hall–Kier alpha value is -1.31. The van der Waals surface area contributed by atoms with E-state index >= 15 is 0 Å². The molecule has 4 rings (SSSR count). The molecule has 1 aliphatic carbocycles. The molecule has 5 nitrogen and oxygen atoms in total. The number of hydrogen-bond acceptors (Lipinski definition) is 4. The van der Waals surface area contributed by atoms with Gasteiger partial charge in [0.2, 0.25) is 0 Å². The van der Waals surface area contributed by atoms with Crippen molar-refractivity contribution in [2.24, 2.45) is 16.6 Å². The van der Waals surface area contributed by atoms with Gasteiger partial charge in [-0.25, -0.2) is 0 Å². The van der Waals surface area contributed by atoms with Crippen LogP contribution in [-0.2, 0) is 0 Å². The summed E-state index contributed by atoms with van der Waals surface area (Å²) >= 11 is 7.10. The van der Waals surface area contributed by atoms with Crippen LogP contribution in [0.3, 0.4) is 0 Å². The molecule has 2 heterocycles. The van der Waals surface area contributed by atoms with Gasteiger partial charge in [0.1, 0.15) is 0 Å². The van der Waals surface area contributed by atoms with E-state index in [1.165, 1.54) is 89.4 Å². The third kappa shape index (κ3) is 7.86. The molecule has 33 heavy (non-hydrogen) atoms. The molecule has 0 unspecified atom stereocenters. The van der Waals surface area contributed by atoms with Crippen LogP contribution in [0.15, 0.2) is 29.3 Å². The lowest BCUT2D eigenvalue weighted by molar-refractivity contribution is 0.208. The molecule has 1 aromatic rings. The second-order valence-electron chi connectivity index (χ2n) is 9.91. The number of thiocarbonyl (C=S) groups is 1. The molecule has 1 aromatic carbocycles. The first-order chi connectivity index (χ1) is 16.2. The van der Waals surface area contributed by atoms with Crippen molar-refractivity contribution in [3.8, 4) is 0 Å². The highest BCUT2D eigenvalue weighted by atomic mass is 32.2. The van der Waals surface area contributed by atoms with Gasteiger partial charge in [-0.3, -0.25) is 0 Å². The topological polar surface area (TPSA) is 56.9 Å². The molecular weight excluding hydrogens is 446 g/mol. The zero-order valence-corrected chi connectivity index (χ0v) is 21.6. The number of piperidine rings is 1. The Balaban J connectivity index is 1.20. The minimum Gasteiger partial charge on any atom is -0.378 e. The van der Waals surface area contributed by atoms with E-state index in [0.29, 0.717) is 10.3 Å². The molecule has 3 fully saturated rings. The van der Waals surface area contributed by atoms with E-state index in [-0.39, 0.29) is 0 Å². The van der Waals surface area contributed by atoms with Crippen LogP contribution >= 0.6 is 24.0 Å². The lowest BCUT2D eigenvalue weighted by Crippen LogP contribution is -2.43. The second kappa shape index (κ2) is 13.0. The van der Waals surface area contributed by atoms with Crippen molar-refractivity contribution in [1.82, 2.24) is 4.90 Å². The smallest absolute Gasteiger partial charge is 0.199 e. The average Bonchev–Trinajstić information content (AvgIpc) is 3.34. The SMILES string of the molecule is N/C(=N\C(=S)Nc1ccc(N2CCC(N3CCCC3)CC2)cc1)SCC1CCCCCCC1. The summed E-state index contributed by atoms with van der Waals surface area (Å²) in [7, 11) is 0. The van der Waals surface area contributed by atoms with Crippen molar-refractivity contribution in [1.29, 1.82) is 0 Å². The van der Waals surface area contributed by atoms with Crippen LogP contribution in [0.25, 0.3) is 0 Å². The largest absolute Gasteiger partial charge is 0.378 e. The summed E-state index contributed by atoms with van der Waals surface area (Å²) in [6, 6.07) is 9.37. The highest BCUT2D eigenvalue weighted by Crippen LogP contribution is 2.27. The number of aliphatic imine (C=N–C) groups is 1. The third-order valence-corrected chi connectivity index (χ3v) is 8.73. The first kappa shape index (κ1) is 24.8. The van der Waals surface area contributed by atoms with E-state index in [9.17, 15) is 0 Å². The molecule has 0 atom stereocenters. The Labute approximate surface area is 209 Å². The number of nitrogens with zero attached hydrogens (tertiary/aromatic N) is 3. The maximum absolute atomic E-state index is 6.17. The highest BCUT2D eigenvalue weighted by Gasteiger charge is 2.26. The summed E-state index contributed by atoms with van der Waals surface area (Å²) in [6.45, 7) is 4.89. The molecule has 2 saturated heterocycles. The quantitative estimate of drug-likeness (QED) is 0.308. The number of thioether (sulfide) groups is 1. The molecule has 0 bridgehead atoms. The average molecular weight is 488 g/mol. The van der Waals surface area contributed by atoms with Crippen LogP contribution in [0.2, 0.25) is 0 Å². The monoisotopic (exact) mass is 487 g/mol. The van der Waals surface area contributed by atoms with Crippen LogP contribution in [-0.4, -0.2) is 53.2 Å². The molecule has 7 heteroatoms. The minimum absolute atomic E-state index is 0.442.